The highest BCUT2D eigenvalue weighted by Gasteiger charge is 2.44. The van der Waals surface area contributed by atoms with Gasteiger partial charge >= 0.3 is 42.7 Å². The van der Waals surface area contributed by atoms with E-state index in [9.17, 15) is 80.7 Å². The van der Waals surface area contributed by atoms with E-state index in [2.05, 4.69) is 57.2 Å². The van der Waals surface area contributed by atoms with Crippen LogP contribution in [0.25, 0.3) is 0 Å². The summed E-state index contributed by atoms with van der Waals surface area (Å²) in [6, 6.07) is 10.4. The summed E-state index contributed by atoms with van der Waals surface area (Å²) in [5.74, 6) is -5.24. The molecule has 2 atom stereocenters. The van der Waals surface area contributed by atoms with Gasteiger partial charge < -0.3 is 97.0 Å². The number of aliphatic hydroxyl groups excluding tert-OH is 4. The van der Waals surface area contributed by atoms with Crippen LogP contribution in [-0.2, 0) is 67.5 Å². The second-order valence-electron chi connectivity index (χ2n) is 22.8. The van der Waals surface area contributed by atoms with E-state index in [4.69, 9.17) is 69.3 Å². The lowest BCUT2D eigenvalue weighted by atomic mass is 9.91. The molecule has 1 unspecified atom stereocenters. The Morgan fingerprint density at radius 3 is 1.64 bits per heavy atom. The lowest BCUT2D eigenvalue weighted by Crippen LogP contribution is -2.50. The van der Waals surface area contributed by atoms with Crippen LogP contribution in [0.2, 0.25) is 0 Å². The van der Waals surface area contributed by atoms with Crippen molar-refractivity contribution >= 4 is 33.9 Å². The number of aromatic carboxylic acids is 1. The minimum absolute atomic E-state index is 0.00339. The van der Waals surface area contributed by atoms with Crippen LogP contribution in [0, 0.1) is 5.82 Å². The maximum absolute atomic E-state index is 14.7. The number of hydrogen-bond donors (Lipinski definition) is 7. The normalized spacial score (nSPS) is 17.6. The van der Waals surface area contributed by atoms with E-state index in [1.165, 1.54) is 45.2 Å². The first-order valence-corrected chi connectivity index (χ1v) is 32.9. The van der Waals surface area contributed by atoms with Gasteiger partial charge in [0.15, 0.2) is 77.8 Å². The number of sulfonamides is 1. The number of ether oxygens (including phenoxy) is 10. The van der Waals surface area contributed by atoms with E-state index in [-0.39, 0.29) is 113 Å². The summed E-state index contributed by atoms with van der Waals surface area (Å²) in [5.41, 5.74) is 2.47. The number of aromatic hydroxyl groups is 1. The van der Waals surface area contributed by atoms with E-state index >= 15 is 0 Å². The van der Waals surface area contributed by atoms with Gasteiger partial charge in [0.2, 0.25) is 43.8 Å². The standard InChI is InChI=1S/C20H19F3N4O5S.C13H16F2O6.C9H10F2O4.C8H5F2NO4.C8H7F2NO3.C6H6O4.CO2/c1-19(10-33(29,30)27(2)18(24)26-19)12-5-11(3-4-13(12)21)6-15(28)14-7-16-17(8-25-14)32-20(22,23)9-31-16;14-13(15,8-16)21-11-7-19-9(5-10(11)17)6-20-12-3-1-2-4-18-12;1-2-9(10,11)15-8-5-14-6(4-12)3-7(8)13;9-8(10)3-14-5-1-4(7(12)13)11-2-6(5)15-8;9-8(10)4-13-6-1-5(3-12)11-2-7(6)14-8;7-2-4-1-5(8)6(9)3-10-4;2-1-3/h3-5,7-8H,6,9-10H2,1-2H3,(H2,24,26);5,7,12,16H,1-4,6,8H2;3,5,12H,2,4H2,1H3;1-2H,3H2,(H,12,13);1-2,12H,3-4H2;1,3,7,9H,2H2;/t19-;;;;;;/m0....../s1. The van der Waals surface area contributed by atoms with Crippen molar-refractivity contribution in [3.8, 4) is 51.7 Å². The zero-order valence-corrected chi connectivity index (χ0v) is 58.2. The molecule has 11 heterocycles. The number of aromatic nitrogens is 3. The number of pyridine rings is 3. The lowest BCUT2D eigenvalue weighted by molar-refractivity contribution is -0.209. The molecule has 1 aromatic carbocycles. The van der Waals surface area contributed by atoms with E-state index in [1.54, 1.807) is 0 Å². The quantitative estimate of drug-likeness (QED) is 0.0388. The molecule has 5 aliphatic heterocycles. The van der Waals surface area contributed by atoms with Crippen LogP contribution >= 0.6 is 0 Å². The van der Waals surface area contributed by atoms with Crippen LogP contribution in [0.15, 0.2) is 125 Å². The molecule has 0 bridgehead atoms. The number of ketones is 1. The lowest BCUT2D eigenvalue weighted by Gasteiger charge is -2.34. The summed E-state index contributed by atoms with van der Waals surface area (Å²) in [5, 5.41) is 51.4. The first-order chi connectivity index (χ1) is 52.0. The molecule has 5 aliphatic rings. The monoisotopic (exact) mass is 1620 g/mol. The van der Waals surface area contributed by atoms with Crippen molar-refractivity contribution in [2.24, 2.45) is 10.7 Å². The fourth-order valence-electron chi connectivity index (χ4n) is 8.91. The molecule has 0 radical (unpaired) electrons. The van der Waals surface area contributed by atoms with Crippen LogP contribution in [-0.4, -0.2) is 165 Å². The summed E-state index contributed by atoms with van der Waals surface area (Å²) in [6.07, 6.45) is -10.2. The third-order valence-corrected chi connectivity index (χ3v) is 16.2. The highest BCUT2D eigenvalue weighted by molar-refractivity contribution is 7.89. The third kappa shape index (κ3) is 26.3. The second-order valence-corrected chi connectivity index (χ2v) is 24.8. The number of fused-ring (bicyclic) bond motifs is 3. The number of carbonyl (C=O) groups is 2. The Morgan fingerprint density at radius 1 is 0.676 bits per heavy atom. The number of hydrogen-bond acceptors (Lipinski definition) is 32. The van der Waals surface area contributed by atoms with E-state index in [1.807, 2.05) is 0 Å². The van der Waals surface area contributed by atoms with Crippen LogP contribution in [0.3, 0.4) is 0 Å². The van der Waals surface area contributed by atoms with Gasteiger partial charge in [0.1, 0.15) is 79.5 Å². The molecule has 0 spiro atoms. The van der Waals surface area contributed by atoms with Gasteiger partial charge in [-0.3, -0.25) is 24.2 Å². The number of carboxylic acids is 1. The number of rotatable bonds is 17. The second kappa shape index (κ2) is 38.2. The molecule has 6 aromatic heterocycles. The molecule has 111 heavy (non-hydrogen) atoms. The maximum atomic E-state index is 14.7. The summed E-state index contributed by atoms with van der Waals surface area (Å²) in [6.45, 7) is -2.10. The number of aliphatic imine (C=N–C) groups is 1. The molecule has 0 saturated carbocycles. The topological polar surface area (TPSA) is 487 Å². The van der Waals surface area contributed by atoms with Gasteiger partial charge in [-0.2, -0.15) is 53.5 Å². The molecular formula is C65H63F11N6O28S. The van der Waals surface area contributed by atoms with Crippen molar-refractivity contribution in [1.82, 2.24) is 19.3 Å². The number of nitrogens with two attached hydrogens (primary N) is 1. The molecule has 46 heteroatoms. The van der Waals surface area contributed by atoms with Crippen LogP contribution in [0.5, 0.6) is 51.7 Å². The van der Waals surface area contributed by atoms with Gasteiger partial charge in [0, 0.05) is 68.5 Å². The van der Waals surface area contributed by atoms with Gasteiger partial charge in [-0.05, 0) is 43.9 Å². The number of halogens is 11. The average molecular weight is 1620 g/mol. The SMILES string of the molecule is CCC(F)(F)Oc1coc(CO)cc1=O.CN1C(N)=N[C@](C)(c2cc(CC(=O)c3cc4c(cn3)OC(F)(F)CO4)ccc2F)CS1(=O)=O.O=C(O)c1cc2c(cn1)OC(F)(F)CO2.O=C=O.O=c1cc(CO)occ1O.O=c1cc(COC2CCCCO2)occ1OC(F)(F)CO.OCc1cc2c(cn1)OC(F)(F)CO2. The Balaban J connectivity index is 0.000000216. The Morgan fingerprint density at radius 2 is 1.16 bits per heavy atom. The van der Waals surface area contributed by atoms with Crippen LogP contribution < -0.4 is 59.9 Å². The highest BCUT2D eigenvalue weighted by atomic mass is 32.2. The Hall–Kier alpha value is -11.6. The molecule has 1 fully saturated rings. The number of aliphatic hydroxyl groups is 4. The summed E-state index contributed by atoms with van der Waals surface area (Å²) in [4.78, 5) is 88.0. The molecule has 34 nitrogen and oxygen atoms in total. The first-order valence-electron chi connectivity index (χ1n) is 31.3. The minimum atomic E-state index is -3.83. The largest absolute Gasteiger partial charge is 0.502 e. The van der Waals surface area contributed by atoms with Crippen LogP contribution in [0.4, 0.5) is 48.3 Å². The highest BCUT2D eigenvalue weighted by Crippen LogP contribution is 2.40. The van der Waals surface area contributed by atoms with E-state index in [0.717, 1.165) is 91.3 Å². The van der Waals surface area contributed by atoms with E-state index < -0.39 is 142 Å². The van der Waals surface area contributed by atoms with Gasteiger partial charge in [-0.15, -0.1) is 0 Å². The number of guanidine groups is 1. The number of Topliss-reactive ketones (excluding diaryl/α,β-unsaturated/α-hetero) is 1. The summed E-state index contributed by atoms with van der Waals surface area (Å²) >= 11 is 0. The number of benzene rings is 1. The smallest absolute Gasteiger partial charge is 0.433 e. The molecule has 12 rings (SSSR count). The minimum Gasteiger partial charge on any atom is -0.502 e. The maximum Gasteiger partial charge on any atom is 0.433 e. The van der Waals surface area contributed by atoms with Crippen molar-refractivity contribution in [2.45, 2.75) is 115 Å². The fourth-order valence-corrected chi connectivity index (χ4v) is 10.4. The zero-order chi connectivity index (χ0) is 82.5. The molecule has 0 amide bonds. The van der Waals surface area contributed by atoms with Crippen LogP contribution in [0.1, 0.15) is 94.6 Å². The molecular weight excluding hydrogens is 1550 g/mol. The Bertz CT molecular complexity index is 4760. The molecule has 0 aliphatic carbocycles. The van der Waals surface area contributed by atoms with Gasteiger partial charge in [-0.1, -0.05) is 13.0 Å². The number of alkyl halides is 10. The fraction of sp³-hybridized carbons (Fsp3) is 0.385. The van der Waals surface area contributed by atoms with Crippen molar-refractivity contribution in [2.75, 3.05) is 45.8 Å². The Kier molecular flexibility index (Phi) is 30.4. The predicted molar refractivity (Wildman–Crippen MR) is 344 cm³/mol. The van der Waals surface area contributed by atoms with Crippen molar-refractivity contribution < 1.29 is 167 Å². The van der Waals surface area contributed by atoms with Crippen molar-refractivity contribution in [3.63, 3.8) is 0 Å². The third-order valence-electron chi connectivity index (χ3n) is 14.3. The zero-order valence-electron chi connectivity index (χ0n) is 57.4. The Labute approximate surface area is 615 Å². The average Bonchev–Trinajstić information content (AvgIpc) is 0.755. The molecule has 1 saturated heterocycles. The van der Waals surface area contributed by atoms with Crippen molar-refractivity contribution in [1.29, 1.82) is 0 Å². The summed E-state index contributed by atoms with van der Waals surface area (Å²) < 4.78 is 229. The molecule has 604 valence electrons. The van der Waals surface area contributed by atoms with Gasteiger partial charge in [0.05, 0.1) is 36.6 Å². The van der Waals surface area contributed by atoms with Gasteiger partial charge in [0.25, 0.3) is 0 Å². The number of carbonyl (C=O) groups excluding carboxylic acids is 3. The predicted octanol–water partition coefficient (Wildman–Crippen LogP) is 6.31. The first kappa shape index (κ1) is 88.4. The summed E-state index contributed by atoms with van der Waals surface area (Å²) in [7, 11) is -2.57. The number of nitrogens with zero attached hydrogens (tertiary/aromatic N) is 5. The molecule has 7 aromatic rings. The molecule has 8 N–H and O–H groups in total. The van der Waals surface area contributed by atoms with Gasteiger partial charge in [-0.25, -0.2) is 36.9 Å². The van der Waals surface area contributed by atoms with E-state index in [0.29, 0.717) is 17.9 Å². The number of carboxylic acid groups (broad SMARTS) is 1. The van der Waals surface area contributed by atoms with Crippen molar-refractivity contribution in [3.05, 3.63) is 174 Å².